The SMILES string of the molecule is CCCCCCCCCCCCN(C)C1CCCCC1.Cl.[SnH2]. The molecule has 0 N–H and O–H groups in total. The van der Waals surface area contributed by atoms with Crippen LogP contribution in [0.2, 0.25) is 0 Å². The maximum absolute atomic E-state index is 2.64. The third-order valence-electron chi connectivity index (χ3n) is 5.06. The molecule has 0 aromatic carbocycles. The van der Waals surface area contributed by atoms with Crippen molar-refractivity contribution < 1.29 is 0 Å². The summed E-state index contributed by atoms with van der Waals surface area (Å²) in [4.78, 5) is 2.64. The summed E-state index contributed by atoms with van der Waals surface area (Å²) in [5.74, 6) is 0. The van der Waals surface area contributed by atoms with E-state index in [0.717, 1.165) is 6.04 Å². The van der Waals surface area contributed by atoms with Crippen LogP contribution >= 0.6 is 12.4 Å². The van der Waals surface area contributed by atoms with E-state index in [9.17, 15) is 0 Å². The number of halogens is 1. The number of nitrogens with zero attached hydrogens (tertiary/aromatic N) is 1. The Morgan fingerprint density at radius 1 is 0.727 bits per heavy atom. The van der Waals surface area contributed by atoms with Crippen molar-refractivity contribution in [2.24, 2.45) is 0 Å². The van der Waals surface area contributed by atoms with Gasteiger partial charge < -0.3 is 4.90 Å². The average Bonchev–Trinajstić information content (AvgIpc) is 2.50. The molecule has 0 unspecified atom stereocenters. The van der Waals surface area contributed by atoms with E-state index >= 15 is 0 Å². The van der Waals surface area contributed by atoms with Crippen molar-refractivity contribution in [3.05, 3.63) is 0 Å². The van der Waals surface area contributed by atoms with Gasteiger partial charge in [0, 0.05) is 6.04 Å². The van der Waals surface area contributed by atoms with Crippen LogP contribution in [0, 0.1) is 0 Å². The van der Waals surface area contributed by atoms with Gasteiger partial charge >= 0.3 is 23.9 Å². The van der Waals surface area contributed by atoms with Crippen LogP contribution in [-0.2, 0) is 0 Å². The molecule has 0 bridgehead atoms. The number of rotatable bonds is 12. The van der Waals surface area contributed by atoms with E-state index in [2.05, 4.69) is 18.9 Å². The summed E-state index contributed by atoms with van der Waals surface area (Å²) in [6, 6.07) is 0.905. The van der Waals surface area contributed by atoms with Crippen LogP contribution in [-0.4, -0.2) is 48.4 Å². The van der Waals surface area contributed by atoms with E-state index in [-0.39, 0.29) is 36.3 Å². The summed E-state index contributed by atoms with van der Waals surface area (Å²) in [6.07, 6.45) is 21.8. The van der Waals surface area contributed by atoms with E-state index < -0.39 is 0 Å². The summed E-state index contributed by atoms with van der Waals surface area (Å²) >= 11 is 0. The Morgan fingerprint density at radius 2 is 1.18 bits per heavy atom. The van der Waals surface area contributed by atoms with Gasteiger partial charge in [0.2, 0.25) is 0 Å². The molecular formula is C19H42ClNSn. The van der Waals surface area contributed by atoms with Crippen molar-refractivity contribution in [1.29, 1.82) is 0 Å². The van der Waals surface area contributed by atoms with Crippen molar-refractivity contribution in [1.82, 2.24) is 4.90 Å². The minimum absolute atomic E-state index is 0. The zero-order valence-electron chi connectivity index (χ0n) is 15.5. The molecule has 0 atom stereocenters. The quantitative estimate of drug-likeness (QED) is 0.280. The van der Waals surface area contributed by atoms with Crippen LogP contribution in [0.5, 0.6) is 0 Å². The Labute approximate surface area is 163 Å². The van der Waals surface area contributed by atoms with E-state index in [1.54, 1.807) is 0 Å². The molecule has 0 aromatic rings. The Bertz CT molecular complexity index is 208. The first-order chi connectivity index (χ1) is 9.84. The van der Waals surface area contributed by atoms with Gasteiger partial charge in [0.05, 0.1) is 0 Å². The topological polar surface area (TPSA) is 3.24 Å². The summed E-state index contributed by atoms with van der Waals surface area (Å²) in [7, 11) is 2.35. The van der Waals surface area contributed by atoms with E-state index in [1.165, 1.54) is 103 Å². The van der Waals surface area contributed by atoms with E-state index in [1.807, 2.05) is 0 Å². The van der Waals surface area contributed by atoms with Crippen LogP contribution in [0.15, 0.2) is 0 Å². The van der Waals surface area contributed by atoms with Gasteiger partial charge in [-0.25, -0.2) is 0 Å². The fourth-order valence-electron chi connectivity index (χ4n) is 3.55. The molecule has 1 aliphatic carbocycles. The summed E-state index contributed by atoms with van der Waals surface area (Å²) in [6.45, 7) is 3.63. The molecule has 1 aliphatic rings. The molecule has 1 fully saturated rings. The molecule has 0 amide bonds. The van der Waals surface area contributed by atoms with Crippen LogP contribution in [0.25, 0.3) is 0 Å². The van der Waals surface area contributed by atoms with Crippen molar-refractivity contribution in [2.75, 3.05) is 13.6 Å². The van der Waals surface area contributed by atoms with Gasteiger partial charge in [0.1, 0.15) is 0 Å². The second kappa shape index (κ2) is 18.4. The predicted octanol–water partition coefficient (Wildman–Crippen LogP) is 5.68. The molecule has 0 spiro atoms. The van der Waals surface area contributed by atoms with Crippen molar-refractivity contribution in [3.63, 3.8) is 0 Å². The summed E-state index contributed by atoms with van der Waals surface area (Å²) in [5, 5.41) is 0. The van der Waals surface area contributed by atoms with Crippen LogP contribution in [0.1, 0.15) is 103 Å². The van der Waals surface area contributed by atoms with Gasteiger partial charge in [-0.2, -0.15) is 0 Å². The van der Waals surface area contributed by atoms with Gasteiger partial charge in [-0.1, -0.05) is 84.0 Å². The molecule has 0 aliphatic heterocycles. The monoisotopic (exact) mass is 439 g/mol. The van der Waals surface area contributed by atoms with Crippen LogP contribution in [0.4, 0.5) is 0 Å². The van der Waals surface area contributed by atoms with Gasteiger partial charge in [0.15, 0.2) is 0 Å². The van der Waals surface area contributed by atoms with Crippen LogP contribution < -0.4 is 0 Å². The molecule has 0 heterocycles. The summed E-state index contributed by atoms with van der Waals surface area (Å²) < 4.78 is 0. The first-order valence-electron chi connectivity index (χ1n) is 9.55. The van der Waals surface area contributed by atoms with Gasteiger partial charge in [-0.3, -0.25) is 0 Å². The van der Waals surface area contributed by atoms with Gasteiger partial charge in [-0.15, -0.1) is 12.4 Å². The van der Waals surface area contributed by atoms with Crippen molar-refractivity contribution in [3.8, 4) is 0 Å². The molecular weight excluding hydrogens is 396 g/mol. The van der Waals surface area contributed by atoms with E-state index in [4.69, 9.17) is 0 Å². The normalized spacial score (nSPS) is 15.4. The minimum atomic E-state index is 0. The third kappa shape index (κ3) is 13.5. The first-order valence-corrected chi connectivity index (χ1v) is 9.55. The Hall–Kier alpha value is 1.05. The molecule has 1 saturated carbocycles. The Kier molecular flexibility index (Phi) is 21.1. The van der Waals surface area contributed by atoms with Crippen molar-refractivity contribution in [2.45, 2.75) is 109 Å². The molecule has 3 heteroatoms. The fourth-order valence-corrected chi connectivity index (χ4v) is 3.55. The molecule has 2 radical (unpaired) electrons. The van der Waals surface area contributed by atoms with Gasteiger partial charge in [-0.05, 0) is 32.9 Å². The second-order valence-corrected chi connectivity index (χ2v) is 6.95. The maximum atomic E-state index is 2.64. The standard InChI is InChI=1S/C19H39N.ClH.Sn.2H/c1-3-4-5-6-7-8-9-10-11-15-18-20(2)19-16-13-12-14-17-19;;;;/h19H,3-18H2,1-2H3;1H;;;. The Balaban J connectivity index is 0. The number of unbranched alkanes of at least 4 members (excludes halogenated alkanes) is 9. The first kappa shape index (κ1) is 25.3. The number of hydrogen-bond acceptors (Lipinski definition) is 1. The van der Waals surface area contributed by atoms with E-state index in [0.29, 0.717) is 0 Å². The van der Waals surface area contributed by atoms with Crippen LogP contribution in [0.3, 0.4) is 0 Å². The molecule has 134 valence electrons. The van der Waals surface area contributed by atoms with Crippen molar-refractivity contribution >= 4 is 36.3 Å². The van der Waals surface area contributed by atoms with Gasteiger partial charge in [0.25, 0.3) is 0 Å². The second-order valence-electron chi connectivity index (χ2n) is 6.95. The third-order valence-corrected chi connectivity index (χ3v) is 5.06. The zero-order valence-corrected chi connectivity index (χ0v) is 20.3. The average molecular weight is 439 g/mol. The summed E-state index contributed by atoms with van der Waals surface area (Å²) in [5.41, 5.74) is 0. The number of hydrogen-bond donors (Lipinski definition) is 0. The molecule has 0 saturated heterocycles. The molecule has 1 nitrogen and oxygen atoms in total. The molecule has 22 heavy (non-hydrogen) atoms. The molecule has 0 aromatic heterocycles. The Morgan fingerprint density at radius 3 is 1.68 bits per heavy atom. The zero-order chi connectivity index (χ0) is 14.5. The molecule has 1 rings (SSSR count). The predicted molar refractivity (Wildman–Crippen MR) is 107 cm³/mol. The fraction of sp³-hybridized carbons (Fsp3) is 1.00.